The van der Waals surface area contributed by atoms with Crippen molar-refractivity contribution in [3.05, 3.63) is 54.6 Å². The predicted molar refractivity (Wildman–Crippen MR) is 85.5 cm³/mol. The Hall–Kier alpha value is -1.96. The predicted octanol–water partition coefficient (Wildman–Crippen LogP) is 5.33. The number of ether oxygens (including phenoxy) is 1. The van der Waals surface area contributed by atoms with Gasteiger partial charge < -0.3 is 10.1 Å². The second-order valence-corrected chi connectivity index (χ2v) is 5.37. The maximum Gasteiger partial charge on any atom is 0.150 e. The fraction of sp³-hybridized carbons (Fsp3) is 0.333. The monoisotopic (exact) mass is 269 g/mol. The number of para-hydroxylation sites is 3. The van der Waals surface area contributed by atoms with Gasteiger partial charge in [0.15, 0.2) is 5.75 Å². The van der Waals surface area contributed by atoms with E-state index in [0.717, 1.165) is 29.6 Å². The van der Waals surface area contributed by atoms with Crippen molar-refractivity contribution in [3.63, 3.8) is 0 Å². The Morgan fingerprint density at radius 3 is 2.40 bits per heavy atom. The van der Waals surface area contributed by atoms with Gasteiger partial charge in [-0.2, -0.15) is 0 Å². The molecule has 20 heavy (non-hydrogen) atoms. The highest BCUT2D eigenvalue weighted by atomic mass is 16.5. The van der Waals surface area contributed by atoms with Crippen molar-refractivity contribution in [1.29, 1.82) is 0 Å². The van der Waals surface area contributed by atoms with E-state index >= 15 is 0 Å². The largest absolute Gasteiger partial charge is 0.455 e. The zero-order valence-corrected chi connectivity index (χ0v) is 12.3. The van der Waals surface area contributed by atoms with Gasteiger partial charge in [0.2, 0.25) is 0 Å². The number of anilines is 1. The summed E-state index contributed by atoms with van der Waals surface area (Å²) in [7, 11) is 0. The summed E-state index contributed by atoms with van der Waals surface area (Å²) in [5, 5.41) is 3.46. The molecule has 0 heterocycles. The molecule has 106 valence electrons. The van der Waals surface area contributed by atoms with Gasteiger partial charge in [0.05, 0.1) is 5.69 Å². The highest BCUT2D eigenvalue weighted by molar-refractivity contribution is 5.57. The molecule has 2 aromatic rings. The third-order valence-electron chi connectivity index (χ3n) is 3.13. The first kappa shape index (κ1) is 14.4. The second-order valence-electron chi connectivity index (χ2n) is 5.37. The Labute approximate surface area is 121 Å². The van der Waals surface area contributed by atoms with Gasteiger partial charge >= 0.3 is 0 Å². The van der Waals surface area contributed by atoms with E-state index in [4.69, 9.17) is 4.74 Å². The Bertz CT molecular complexity index is 508. The van der Waals surface area contributed by atoms with Gasteiger partial charge in [-0.15, -0.1) is 0 Å². The lowest BCUT2D eigenvalue weighted by Crippen LogP contribution is -2.04. The average Bonchev–Trinajstić information content (AvgIpc) is 2.46. The molecule has 0 spiro atoms. The van der Waals surface area contributed by atoms with Crippen LogP contribution in [0.15, 0.2) is 54.6 Å². The molecule has 0 fully saturated rings. The van der Waals surface area contributed by atoms with Gasteiger partial charge in [-0.3, -0.25) is 0 Å². The third kappa shape index (κ3) is 4.61. The lowest BCUT2D eigenvalue weighted by atomic mass is 10.1. The van der Waals surface area contributed by atoms with Crippen LogP contribution in [0.5, 0.6) is 11.5 Å². The van der Waals surface area contributed by atoms with Crippen LogP contribution in [0.25, 0.3) is 0 Å². The Kier molecular flexibility index (Phi) is 5.48. The van der Waals surface area contributed by atoms with Gasteiger partial charge in [0.1, 0.15) is 5.75 Å². The fourth-order valence-electron chi connectivity index (χ4n) is 2.05. The minimum Gasteiger partial charge on any atom is -0.455 e. The van der Waals surface area contributed by atoms with Crippen molar-refractivity contribution in [2.24, 2.45) is 5.92 Å². The summed E-state index contributed by atoms with van der Waals surface area (Å²) in [6, 6.07) is 18.0. The highest BCUT2D eigenvalue weighted by Gasteiger charge is 2.03. The summed E-state index contributed by atoms with van der Waals surface area (Å²) in [6.45, 7) is 5.49. The van der Waals surface area contributed by atoms with Crippen LogP contribution in [0.4, 0.5) is 5.69 Å². The van der Waals surface area contributed by atoms with Gasteiger partial charge in [0.25, 0.3) is 0 Å². The molecule has 0 radical (unpaired) electrons. The van der Waals surface area contributed by atoms with Crippen LogP contribution in [0.2, 0.25) is 0 Å². The van der Waals surface area contributed by atoms with Crippen molar-refractivity contribution in [3.8, 4) is 11.5 Å². The molecule has 0 aliphatic heterocycles. The molecule has 0 bridgehead atoms. The molecule has 0 saturated carbocycles. The molecule has 0 aromatic heterocycles. The maximum atomic E-state index is 5.93. The van der Waals surface area contributed by atoms with E-state index in [9.17, 15) is 0 Å². The van der Waals surface area contributed by atoms with Crippen molar-refractivity contribution in [2.75, 3.05) is 11.9 Å². The van der Waals surface area contributed by atoms with E-state index in [-0.39, 0.29) is 0 Å². The molecule has 2 rings (SSSR count). The van der Waals surface area contributed by atoms with E-state index in [1.807, 2.05) is 48.5 Å². The van der Waals surface area contributed by atoms with Gasteiger partial charge in [0, 0.05) is 6.54 Å². The minimum atomic E-state index is 0.757. The van der Waals surface area contributed by atoms with Crippen molar-refractivity contribution in [1.82, 2.24) is 0 Å². The number of rotatable bonds is 7. The first-order valence-electron chi connectivity index (χ1n) is 7.31. The summed E-state index contributed by atoms with van der Waals surface area (Å²) < 4.78 is 5.93. The van der Waals surface area contributed by atoms with Crippen molar-refractivity contribution in [2.45, 2.75) is 26.7 Å². The van der Waals surface area contributed by atoms with Crippen LogP contribution in [0.1, 0.15) is 26.7 Å². The SMILES string of the molecule is CC(C)CCCNc1ccccc1Oc1ccccc1. The van der Waals surface area contributed by atoms with Gasteiger partial charge in [-0.25, -0.2) is 0 Å². The Morgan fingerprint density at radius 2 is 1.65 bits per heavy atom. The quantitative estimate of drug-likeness (QED) is 0.686. The van der Waals surface area contributed by atoms with Crippen molar-refractivity contribution < 1.29 is 4.74 Å². The number of hydrogen-bond acceptors (Lipinski definition) is 2. The molecule has 2 heteroatoms. The fourth-order valence-corrected chi connectivity index (χ4v) is 2.05. The second kappa shape index (κ2) is 7.59. The van der Waals surface area contributed by atoms with Crippen LogP contribution >= 0.6 is 0 Å². The molecule has 0 aliphatic rings. The van der Waals surface area contributed by atoms with E-state index in [1.54, 1.807) is 0 Å². The molecule has 0 amide bonds. The standard InChI is InChI=1S/C18H23NO/c1-15(2)9-8-14-19-17-12-6-7-13-18(17)20-16-10-4-3-5-11-16/h3-7,10-13,15,19H,8-9,14H2,1-2H3. The molecule has 0 atom stereocenters. The number of hydrogen-bond donors (Lipinski definition) is 1. The molecular formula is C18H23NO. The van der Waals surface area contributed by atoms with E-state index < -0.39 is 0 Å². The van der Waals surface area contributed by atoms with Crippen LogP contribution in [-0.4, -0.2) is 6.54 Å². The molecule has 0 aliphatic carbocycles. The molecule has 0 unspecified atom stereocenters. The molecule has 2 aromatic carbocycles. The van der Waals surface area contributed by atoms with Gasteiger partial charge in [-0.05, 0) is 43.0 Å². The average molecular weight is 269 g/mol. The normalized spacial score (nSPS) is 10.6. The zero-order valence-electron chi connectivity index (χ0n) is 12.3. The van der Waals surface area contributed by atoms with Crippen LogP contribution in [-0.2, 0) is 0 Å². The molecule has 0 saturated heterocycles. The van der Waals surface area contributed by atoms with Crippen LogP contribution < -0.4 is 10.1 Å². The Morgan fingerprint density at radius 1 is 0.950 bits per heavy atom. The van der Waals surface area contributed by atoms with E-state index in [2.05, 4.69) is 25.2 Å². The highest BCUT2D eigenvalue weighted by Crippen LogP contribution is 2.29. The summed E-state index contributed by atoms with van der Waals surface area (Å²) in [6.07, 6.45) is 2.42. The maximum absolute atomic E-state index is 5.93. The minimum absolute atomic E-state index is 0.757. The number of benzene rings is 2. The first-order valence-corrected chi connectivity index (χ1v) is 7.31. The smallest absolute Gasteiger partial charge is 0.150 e. The topological polar surface area (TPSA) is 21.3 Å². The zero-order chi connectivity index (χ0) is 14.2. The summed E-state index contributed by atoms with van der Waals surface area (Å²) in [5.74, 6) is 2.50. The van der Waals surface area contributed by atoms with E-state index in [0.29, 0.717) is 0 Å². The Balaban J connectivity index is 1.96. The summed E-state index contributed by atoms with van der Waals surface area (Å²) in [5.41, 5.74) is 1.06. The van der Waals surface area contributed by atoms with Gasteiger partial charge in [-0.1, -0.05) is 44.2 Å². The third-order valence-corrected chi connectivity index (χ3v) is 3.13. The summed E-state index contributed by atoms with van der Waals surface area (Å²) >= 11 is 0. The van der Waals surface area contributed by atoms with Crippen LogP contribution in [0, 0.1) is 5.92 Å². The number of nitrogens with one attached hydrogen (secondary N) is 1. The summed E-state index contributed by atoms with van der Waals surface area (Å²) in [4.78, 5) is 0. The lowest BCUT2D eigenvalue weighted by molar-refractivity contribution is 0.484. The lowest BCUT2D eigenvalue weighted by Gasteiger charge is -2.13. The van der Waals surface area contributed by atoms with Crippen molar-refractivity contribution >= 4 is 5.69 Å². The van der Waals surface area contributed by atoms with Crippen LogP contribution in [0.3, 0.4) is 0 Å². The molecule has 1 N–H and O–H groups in total. The molecule has 2 nitrogen and oxygen atoms in total. The van der Waals surface area contributed by atoms with E-state index in [1.165, 1.54) is 12.8 Å². The molecular weight excluding hydrogens is 246 g/mol. The first-order chi connectivity index (χ1) is 9.75.